The summed E-state index contributed by atoms with van der Waals surface area (Å²) in [5, 5.41) is 2.80. The van der Waals surface area contributed by atoms with E-state index < -0.39 is 0 Å². The summed E-state index contributed by atoms with van der Waals surface area (Å²) in [7, 11) is 0. The van der Waals surface area contributed by atoms with Crippen LogP contribution in [0.1, 0.15) is 15.9 Å². The predicted molar refractivity (Wildman–Crippen MR) is 99.7 cm³/mol. The zero-order valence-corrected chi connectivity index (χ0v) is 14.4. The first-order valence-electron chi connectivity index (χ1n) is 8.54. The van der Waals surface area contributed by atoms with Crippen LogP contribution in [0.4, 0.5) is 4.39 Å². The number of amides is 1. The lowest BCUT2D eigenvalue weighted by molar-refractivity contribution is 0.0954. The van der Waals surface area contributed by atoms with Crippen molar-refractivity contribution in [2.24, 2.45) is 0 Å². The highest BCUT2D eigenvalue weighted by Crippen LogP contribution is 2.23. The van der Waals surface area contributed by atoms with Gasteiger partial charge in [-0.2, -0.15) is 0 Å². The number of carbonyl (C=O) groups is 1. The van der Waals surface area contributed by atoms with Crippen molar-refractivity contribution in [3.05, 3.63) is 83.8 Å². The maximum atomic E-state index is 13.6. The van der Waals surface area contributed by atoms with Crippen molar-refractivity contribution in [3.8, 4) is 11.6 Å². The SMILES string of the molecule is O=C(NCCc1ccccc1F)c1ccc2nc(-c3ccccn3)oc2c1. The summed E-state index contributed by atoms with van der Waals surface area (Å²) >= 11 is 0. The molecule has 5 nitrogen and oxygen atoms in total. The fraction of sp³-hybridized carbons (Fsp3) is 0.0952. The molecule has 6 heteroatoms. The summed E-state index contributed by atoms with van der Waals surface area (Å²) in [6.45, 7) is 0.341. The molecule has 4 aromatic rings. The van der Waals surface area contributed by atoms with E-state index in [9.17, 15) is 9.18 Å². The molecule has 0 radical (unpaired) electrons. The maximum absolute atomic E-state index is 13.6. The van der Waals surface area contributed by atoms with Crippen LogP contribution in [0.3, 0.4) is 0 Å². The average molecular weight is 361 g/mol. The van der Waals surface area contributed by atoms with Gasteiger partial charge in [0.25, 0.3) is 5.91 Å². The van der Waals surface area contributed by atoms with Crippen molar-refractivity contribution >= 4 is 17.0 Å². The van der Waals surface area contributed by atoms with E-state index >= 15 is 0 Å². The van der Waals surface area contributed by atoms with Gasteiger partial charge in [0.05, 0.1) is 0 Å². The minimum absolute atomic E-state index is 0.246. The lowest BCUT2D eigenvalue weighted by Crippen LogP contribution is -2.25. The lowest BCUT2D eigenvalue weighted by atomic mass is 10.1. The van der Waals surface area contributed by atoms with Gasteiger partial charge in [-0.15, -0.1) is 0 Å². The van der Waals surface area contributed by atoms with Gasteiger partial charge in [-0.25, -0.2) is 9.37 Å². The zero-order valence-electron chi connectivity index (χ0n) is 14.4. The highest BCUT2D eigenvalue weighted by Gasteiger charge is 2.12. The third kappa shape index (κ3) is 3.69. The number of hydrogen-bond donors (Lipinski definition) is 1. The van der Waals surface area contributed by atoms with E-state index in [-0.39, 0.29) is 11.7 Å². The molecule has 0 aliphatic rings. The Morgan fingerprint density at radius 3 is 2.74 bits per heavy atom. The highest BCUT2D eigenvalue weighted by molar-refractivity contribution is 5.97. The Bertz CT molecular complexity index is 1090. The van der Waals surface area contributed by atoms with Gasteiger partial charge in [0.15, 0.2) is 5.58 Å². The van der Waals surface area contributed by atoms with Crippen molar-refractivity contribution in [2.45, 2.75) is 6.42 Å². The number of fused-ring (bicyclic) bond motifs is 1. The summed E-state index contributed by atoms with van der Waals surface area (Å²) in [6, 6.07) is 17.1. The second-order valence-electron chi connectivity index (χ2n) is 6.01. The van der Waals surface area contributed by atoms with Crippen LogP contribution in [0.25, 0.3) is 22.7 Å². The van der Waals surface area contributed by atoms with E-state index in [0.717, 1.165) is 0 Å². The fourth-order valence-corrected chi connectivity index (χ4v) is 2.78. The van der Waals surface area contributed by atoms with Crippen molar-refractivity contribution in [1.82, 2.24) is 15.3 Å². The third-order valence-corrected chi connectivity index (χ3v) is 4.17. The Morgan fingerprint density at radius 1 is 1.07 bits per heavy atom. The van der Waals surface area contributed by atoms with E-state index in [1.807, 2.05) is 12.1 Å². The second kappa shape index (κ2) is 7.37. The predicted octanol–water partition coefficient (Wildman–Crippen LogP) is 4.00. The fourth-order valence-electron chi connectivity index (χ4n) is 2.78. The van der Waals surface area contributed by atoms with Crippen molar-refractivity contribution in [2.75, 3.05) is 6.54 Å². The molecule has 2 aromatic heterocycles. The van der Waals surface area contributed by atoms with Crippen LogP contribution in [0.2, 0.25) is 0 Å². The molecular formula is C21H16FN3O2. The molecule has 0 saturated carbocycles. The molecule has 0 spiro atoms. The monoisotopic (exact) mass is 361 g/mol. The number of oxazole rings is 1. The smallest absolute Gasteiger partial charge is 0.251 e. The topological polar surface area (TPSA) is 68.0 Å². The molecule has 0 fully saturated rings. The Morgan fingerprint density at radius 2 is 1.93 bits per heavy atom. The standard InChI is InChI=1S/C21H16FN3O2/c22-16-6-2-1-5-14(16)10-12-24-20(26)15-8-9-17-19(13-15)27-21(25-17)18-7-3-4-11-23-18/h1-9,11,13H,10,12H2,(H,24,26). The van der Waals surface area contributed by atoms with Crippen LogP contribution < -0.4 is 5.32 Å². The quantitative estimate of drug-likeness (QED) is 0.583. The summed E-state index contributed by atoms with van der Waals surface area (Å²) in [5.41, 5.74) is 2.82. The molecule has 0 saturated heterocycles. The summed E-state index contributed by atoms with van der Waals surface area (Å²) < 4.78 is 19.3. The molecule has 0 aliphatic heterocycles. The third-order valence-electron chi connectivity index (χ3n) is 4.17. The first-order valence-corrected chi connectivity index (χ1v) is 8.54. The van der Waals surface area contributed by atoms with Gasteiger partial charge in [-0.05, 0) is 48.4 Å². The molecule has 0 aliphatic carbocycles. The van der Waals surface area contributed by atoms with Gasteiger partial charge >= 0.3 is 0 Å². The van der Waals surface area contributed by atoms with E-state index in [1.165, 1.54) is 6.07 Å². The Balaban J connectivity index is 1.47. The number of aromatic nitrogens is 2. The van der Waals surface area contributed by atoms with E-state index in [0.29, 0.717) is 46.8 Å². The molecule has 4 rings (SSSR count). The molecule has 1 N–H and O–H groups in total. The molecule has 134 valence electrons. The van der Waals surface area contributed by atoms with E-state index in [2.05, 4.69) is 15.3 Å². The number of pyridine rings is 1. The normalized spacial score (nSPS) is 10.9. The number of carbonyl (C=O) groups excluding carboxylic acids is 1. The molecule has 0 unspecified atom stereocenters. The number of nitrogens with zero attached hydrogens (tertiary/aromatic N) is 2. The van der Waals surface area contributed by atoms with Gasteiger partial charge in [0, 0.05) is 18.3 Å². The molecule has 1 amide bonds. The number of benzene rings is 2. The molecule has 2 heterocycles. The lowest BCUT2D eigenvalue weighted by Gasteiger charge is -2.06. The number of hydrogen-bond acceptors (Lipinski definition) is 4. The Hall–Kier alpha value is -3.54. The summed E-state index contributed by atoms with van der Waals surface area (Å²) in [6.07, 6.45) is 2.09. The Labute approximate surface area is 154 Å². The summed E-state index contributed by atoms with van der Waals surface area (Å²) in [4.78, 5) is 21.0. The summed E-state index contributed by atoms with van der Waals surface area (Å²) in [5.74, 6) is -0.108. The molecule has 2 aromatic carbocycles. The van der Waals surface area contributed by atoms with E-state index in [1.54, 1.807) is 48.7 Å². The van der Waals surface area contributed by atoms with Crippen LogP contribution in [0.15, 0.2) is 71.3 Å². The molecule has 0 bridgehead atoms. The average Bonchev–Trinajstić information content (AvgIpc) is 3.13. The first kappa shape index (κ1) is 16.9. The van der Waals surface area contributed by atoms with Crippen LogP contribution in [-0.4, -0.2) is 22.4 Å². The number of halogens is 1. The Kier molecular flexibility index (Phi) is 4.61. The second-order valence-corrected chi connectivity index (χ2v) is 6.01. The minimum atomic E-state index is -0.267. The van der Waals surface area contributed by atoms with Crippen molar-refractivity contribution in [3.63, 3.8) is 0 Å². The molecule has 27 heavy (non-hydrogen) atoms. The largest absolute Gasteiger partial charge is 0.435 e. The van der Waals surface area contributed by atoms with Crippen molar-refractivity contribution < 1.29 is 13.6 Å². The van der Waals surface area contributed by atoms with Gasteiger partial charge in [-0.1, -0.05) is 24.3 Å². The van der Waals surface area contributed by atoms with Gasteiger partial charge in [0.2, 0.25) is 5.89 Å². The highest BCUT2D eigenvalue weighted by atomic mass is 19.1. The van der Waals surface area contributed by atoms with Crippen LogP contribution in [0.5, 0.6) is 0 Å². The van der Waals surface area contributed by atoms with Crippen LogP contribution >= 0.6 is 0 Å². The molecular weight excluding hydrogens is 345 g/mol. The van der Waals surface area contributed by atoms with Crippen LogP contribution in [0, 0.1) is 5.82 Å². The van der Waals surface area contributed by atoms with Crippen LogP contribution in [-0.2, 0) is 6.42 Å². The van der Waals surface area contributed by atoms with Gasteiger partial charge < -0.3 is 9.73 Å². The maximum Gasteiger partial charge on any atom is 0.251 e. The zero-order chi connectivity index (χ0) is 18.6. The first-order chi connectivity index (χ1) is 13.2. The van der Waals surface area contributed by atoms with E-state index in [4.69, 9.17) is 4.42 Å². The number of nitrogens with one attached hydrogen (secondary N) is 1. The number of rotatable bonds is 5. The van der Waals surface area contributed by atoms with Gasteiger partial charge in [0.1, 0.15) is 17.0 Å². The minimum Gasteiger partial charge on any atom is -0.435 e. The van der Waals surface area contributed by atoms with Crippen molar-refractivity contribution in [1.29, 1.82) is 0 Å². The molecule has 0 atom stereocenters. The van der Waals surface area contributed by atoms with Gasteiger partial charge in [-0.3, -0.25) is 9.78 Å².